The molecule has 2 N–H and O–H groups in total. The summed E-state index contributed by atoms with van der Waals surface area (Å²) in [6, 6.07) is 0.409. The van der Waals surface area contributed by atoms with E-state index in [1.54, 1.807) is 0 Å². The first-order valence-corrected chi connectivity index (χ1v) is 7.95. The van der Waals surface area contributed by atoms with Gasteiger partial charge in [0, 0.05) is 38.5 Å². The molecule has 0 aromatic heterocycles. The summed E-state index contributed by atoms with van der Waals surface area (Å²) in [7, 11) is 0. The van der Waals surface area contributed by atoms with Gasteiger partial charge in [0.15, 0.2) is 0 Å². The molecule has 0 aliphatic carbocycles. The number of rotatable bonds is 9. The maximum absolute atomic E-state index is 12.0. The maximum Gasteiger partial charge on any atom is 0.223 e. The summed E-state index contributed by atoms with van der Waals surface area (Å²) < 4.78 is 0. The molecule has 1 fully saturated rings. The van der Waals surface area contributed by atoms with Crippen LogP contribution < -0.4 is 10.6 Å². The number of halogens is 1. The van der Waals surface area contributed by atoms with E-state index in [9.17, 15) is 9.59 Å². The van der Waals surface area contributed by atoms with Crippen LogP contribution in [0.15, 0.2) is 0 Å². The minimum atomic E-state index is -0.0139. The van der Waals surface area contributed by atoms with Gasteiger partial charge in [-0.15, -0.1) is 12.4 Å². The van der Waals surface area contributed by atoms with E-state index >= 15 is 0 Å². The molecule has 0 aromatic carbocycles. The predicted molar refractivity (Wildman–Crippen MR) is 87.7 cm³/mol. The molecule has 1 aliphatic rings. The topological polar surface area (TPSA) is 61.4 Å². The Kier molecular flexibility index (Phi) is 11.4. The standard InChI is InChI=1S/C15H29N3O2.ClH/c1-3-10-18(11-4-2)15(20)8-7-14(19)17-12-13-6-5-9-16-13;/h13,16H,3-12H2,1-2H3,(H,17,19);1H. The van der Waals surface area contributed by atoms with Crippen molar-refractivity contribution in [2.75, 3.05) is 26.2 Å². The Morgan fingerprint density at radius 1 is 1.19 bits per heavy atom. The van der Waals surface area contributed by atoms with Gasteiger partial charge in [-0.1, -0.05) is 13.8 Å². The highest BCUT2D eigenvalue weighted by atomic mass is 35.5. The van der Waals surface area contributed by atoms with E-state index in [1.807, 2.05) is 4.90 Å². The third kappa shape index (κ3) is 8.27. The van der Waals surface area contributed by atoms with E-state index in [0.717, 1.165) is 38.9 Å². The molecule has 124 valence electrons. The third-order valence-corrected chi connectivity index (χ3v) is 3.61. The highest BCUT2D eigenvalue weighted by molar-refractivity contribution is 5.85. The van der Waals surface area contributed by atoms with Crippen LogP contribution in [0.5, 0.6) is 0 Å². The van der Waals surface area contributed by atoms with Gasteiger partial charge in [-0.3, -0.25) is 9.59 Å². The quantitative estimate of drug-likeness (QED) is 0.680. The number of carbonyl (C=O) groups excluding carboxylic acids is 2. The molecule has 1 unspecified atom stereocenters. The van der Waals surface area contributed by atoms with E-state index < -0.39 is 0 Å². The zero-order valence-electron chi connectivity index (χ0n) is 13.3. The van der Waals surface area contributed by atoms with Gasteiger partial charge in [0.05, 0.1) is 0 Å². The minimum absolute atomic E-state index is 0. The molecule has 0 spiro atoms. The van der Waals surface area contributed by atoms with Crippen LogP contribution >= 0.6 is 12.4 Å². The van der Waals surface area contributed by atoms with Gasteiger partial charge in [0.1, 0.15) is 0 Å². The molecule has 1 atom stereocenters. The first-order chi connectivity index (χ1) is 9.67. The first kappa shape index (κ1) is 20.2. The number of hydrogen-bond acceptors (Lipinski definition) is 3. The van der Waals surface area contributed by atoms with Crippen LogP contribution in [-0.4, -0.2) is 48.9 Å². The Labute approximate surface area is 134 Å². The monoisotopic (exact) mass is 319 g/mol. The molecule has 0 aromatic rings. The smallest absolute Gasteiger partial charge is 0.223 e. The number of hydrogen-bond donors (Lipinski definition) is 2. The molecule has 1 aliphatic heterocycles. The minimum Gasteiger partial charge on any atom is -0.355 e. The molecule has 0 bridgehead atoms. The second kappa shape index (κ2) is 11.8. The molecule has 21 heavy (non-hydrogen) atoms. The van der Waals surface area contributed by atoms with Gasteiger partial charge in [-0.05, 0) is 32.2 Å². The summed E-state index contributed by atoms with van der Waals surface area (Å²) in [6.07, 6.45) is 4.86. The molecular weight excluding hydrogens is 290 g/mol. The van der Waals surface area contributed by atoms with Gasteiger partial charge in [-0.25, -0.2) is 0 Å². The SMILES string of the molecule is CCCN(CCC)C(=O)CCC(=O)NCC1CCCN1.Cl. The van der Waals surface area contributed by atoms with Gasteiger partial charge in [0.2, 0.25) is 11.8 Å². The number of nitrogens with zero attached hydrogens (tertiary/aromatic N) is 1. The summed E-state index contributed by atoms with van der Waals surface area (Å²) in [6.45, 7) is 7.44. The Morgan fingerprint density at radius 3 is 2.38 bits per heavy atom. The van der Waals surface area contributed by atoms with Crippen LogP contribution in [0.4, 0.5) is 0 Å². The van der Waals surface area contributed by atoms with E-state index in [0.29, 0.717) is 25.4 Å². The molecule has 1 saturated heterocycles. The van der Waals surface area contributed by atoms with Crippen molar-refractivity contribution < 1.29 is 9.59 Å². The van der Waals surface area contributed by atoms with Crippen LogP contribution in [0.2, 0.25) is 0 Å². The zero-order valence-corrected chi connectivity index (χ0v) is 14.1. The molecular formula is C15H30ClN3O2. The van der Waals surface area contributed by atoms with Crippen LogP contribution in [-0.2, 0) is 9.59 Å². The fraction of sp³-hybridized carbons (Fsp3) is 0.867. The lowest BCUT2D eigenvalue weighted by atomic mass is 10.2. The summed E-state index contributed by atoms with van der Waals surface area (Å²) in [5.74, 6) is 0.0860. The molecule has 0 saturated carbocycles. The Bertz CT molecular complexity index is 301. The summed E-state index contributed by atoms with van der Waals surface area (Å²) in [5.41, 5.74) is 0. The summed E-state index contributed by atoms with van der Waals surface area (Å²) in [5, 5.41) is 6.25. The Hall–Kier alpha value is -0.810. The van der Waals surface area contributed by atoms with Crippen LogP contribution in [0.3, 0.4) is 0 Å². The molecule has 0 radical (unpaired) electrons. The van der Waals surface area contributed by atoms with E-state index in [4.69, 9.17) is 0 Å². The second-order valence-corrected chi connectivity index (χ2v) is 5.48. The molecule has 6 heteroatoms. The molecule has 2 amide bonds. The predicted octanol–water partition coefficient (Wildman–Crippen LogP) is 1.71. The lowest BCUT2D eigenvalue weighted by Crippen LogP contribution is -2.38. The van der Waals surface area contributed by atoms with E-state index in [-0.39, 0.29) is 24.2 Å². The molecule has 5 nitrogen and oxygen atoms in total. The Morgan fingerprint density at radius 2 is 1.86 bits per heavy atom. The lowest BCUT2D eigenvalue weighted by Gasteiger charge is -2.21. The van der Waals surface area contributed by atoms with Gasteiger partial charge in [0.25, 0.3) is 0 Å². The highest BCUT2D eigenvalue weighted by Crippen LogP contribution is 2.04. The average molecular weight is 320 g/mol. The van der Waals surface area contributed by atoms with E-state index in [1.165, 1.54) is 6.42 Å². The summed E-state index contributed by atoms with van der Waals surface area (Å²) >= 11 is 0. The average Bonchev–Trinajstić information content (AvgIpc) is 2.95. The summed E-state index contributed by atoms with van der Waals surface area (Å²) in [4.78, 5) is 25.6. The zero-order chi connectivity index (χ0) is 14.8. The van der Waals surface area contributed by atoms with Gasteiger partial charge >= 0.3 is 0 Å². The van der Waals surface area contributed by atoms with Crippen molar-refractivity contribution in [2.45, 2.75) is 58.4 Å². The fourth-order valence-electron chi connectivity index (χ4n) is 2.54. The van der Waals surface area contributed by atoms with Crippen molar-refractivity contribution in [1.29, 1.82) is 0 Å². The van der Waals surface area contributed by atoms with E-state index in [2.05, 4.69) is 24.5 Å². The highest BCUT2D eigenvalue weighted by Gasteiger charge is 2.16. The first-order valence-electron chi connectivity index (χ1n) is 7.95. The van der Waals surface area contributed by atoms with Crippen molar-refractivity contribution in [3.63, 3.8) is 0 Å². The number of carbonyl (C=O) groups is 2. The largest absolute Gasteiger partial charge is 0.355 e. The van der Waals surface area contributed by atoms with Crippen molar-refractivity contribution >= 4 is 24.2 Å². The number of amides is 2. The van der Waals surface area contributed by atoms with Gasteiger partial charge in [-0.2, -0.15) is 0 Å². The van der Waals surface area contributed by atoms with Crippen molar-refractivity contribution in [2.24, 2.45) is 0 Å². The lowest BCUT2D eigenvalue weighted by molar-refractivity contribution is -0.133. The molecule has 1 rings (SSSR count). The van der Waals surface area contributed by atoms with Crippen molar-refractivity contribution in [3.05, 3.63) is 0 Å². The van der Waals surface area contributed by atoms with Gasteiger partial charge < -0.3 is 15.5 Å². The van der Waals surface area contributed by atoms with Crippen molar-refractivity contribution in [3.8, 4) is 0 Å². The Balaban J connectivity index is 0.00000400. The van der Waals surface area contributed by atoms with Crippen molar-refractivity contribution in [1.82, 2.24) is 15.5 Å². The second-order valence-electron chi connectivity index (χ2n) is 5.48. The maximum atomic E-state index is 12.0. The molecule has 1 heterocycles. The fourth-order valence-corrected chi connectivity index (χ4v) is 2.54. The van der Waals surface area contributed by atoms with Crippen LogP contribution in [0, 0.1) is 0 Å². The third-order valence-electron chi connectivity index (χ3n) is 3.61. The normalized spacial score (nSPS) is 17.1. The van der Waals surface area contributed by atoms with Crippen LogP contribution in [0.1, 0.15) is 52.4 Å². The van der Waals surface area contributed by atoms with Crippen LogP contribution in [0.25, 0.3) is 0 Å². The number of nitrogens with one attached hydrogen (secondary N) is 2.